The zero-order valence-corrected chi connectivity index (χ0v) is 11.1. The predicted octanol–water partition coefficient (Wildman–Crippen LogP) is 0.753. The summed E-state index contributed by atoms with van der Waals surface area (Å²) < 4.78 is 5.08. The third kappa shape index (κ3) is 3.73. The smallest absolute Gasteiger partial charge is 0.354 e. The quantitative estimate of drug-likeness (QED) is 0.376. The summed E-state index contributed by atoms with van der Waals surface area (Å²) in [5, 5.41) is 14.1. The number of ether oxygens (including phenoxy) is 1. The molecule has 0 radical (unpaired) electrons. The molecule has 0 bridgehead atoms. The van der Waals surface area contributed by atoms with E-state index in [9.17, 15) is 10.1 Å². The number of aromatic nitrogens is 2. The van der Waals surface area contributed by atoms with Gasteiger partial charge in [0.1, 0.15) is 6.33 Å². The first-order chi connectivity index (χ1) is 9.01. The molecule has 1 rings (SSSR count). The third-order valence-electron chi connectivity index (χ3n) is 2.61. The molecule has 1 aromatic rings. The molecule has 0 amide bonds. The number of nitrogen functional groups attached to an aromatic ring is 1. The Labute approximate surface area is 110 Å². The van der Waals surface area contributed by atoms with Crippen molar-refractivity contribution in [1.29, 1.82) is 0 Å². The van der Waals surface area contributed by atoms with Gasteiger partial charge in [-0.2, -0.15) is 0 Å². The minimum absolute atomic E-state index is 0.0394. The fraction of sp³-hybridized carbons (Fsp3) is 0.600. The number of hydrogen-bond donors (Lipinski definition) is 3. The van der Waals surface area contributed by atoms with E-state index < -0.39 is 4.92 Å². The lowest BCUT2D eigenvalue weighted by Crippen LogP contribution is -2.31. The Morgan fingerprint density at radius 1 is 1.47 bits per heavy atom. The first-order valence-electron chi connectivity index (χ1n) is 5.72. The van der Waals surface area contributed by atoms with Crippen LogP contribution in [-0.2, 0) is 4.74 Å². The number of hydrazine groups is 1. The molecule has 106 valence electrons. The van der Waals surface area contributed by atoms with Gasteiger partial charge in [0.2, 0.25) is 11.6 Å². The Hall–Kier alpha value is -2.00. The second kappa shape index (κ2) is 6.81. The van der Waals surface area contributed by atoms with Crippen LogP contribution < -0.4 is 16.6 Å². The van der Waals surface area contributed by atoms with Crippen LogP contribution in [0.4, 0.5) is 17.3 Å². The van der Waals surface area contributed by atoms with Crippen LogP contribution in [0.2, 0.25) is 0 Å². The molecule has 9 heteroatoms. The maximum absolute atomic E-state index is 11.1. The fourth-order valence-corrected chi connectivity index (χ4v) is 1.52. The summed E-state index contributed by atoms with van der Waals surface area (Å²) in [5.41, 5.74) is 1.90. The van der Waals surface area contributed by atoms with E-state index in [1.165, 1.54) is 6.33 Å². The van der Waals surface area contributed by atoms with Crippen molar-refractivity contribution >= 4 is 17.3 Å². The molecule has 0 aliphatic heterocycles. The van der Waals surface area contributed by atoms with Crippen LogP contribution in [0.15, 0.2) is 6.33 Å². The largest absolute Gasteiger partial charge is 0.383 e. The minimum atomic E-state index is -0.582. The van der Waals surface area contributed by atoms with E-state index in [1.807, 2.05) is 13.8 Å². The van der Waals surface area contributed by atoms with Crippen molar-refractivity contribution in [2.45, 2.75) is 19.9 Å². The van der Waals surface area contributed by atoms with Crippen molar-refractivity contribution in [3.05, 3.63) is 16.4 Å². The van der Waals surface area contributed by atoms with Crippen LogP contribution in [0.3, 0.4) is 0 Å². The Morgan fingerprint density at radius 3 is 2.58 bits per heavy atom. The van der Waals surface area contributed by atoms with E-state index in [1.54, 1.807) is 7.11 Å². The van der Waals surface area contributed by atoms with E-state index in [0.29, 0.717) is 6.61 Å². The highest BCUT2D eigenvalue weighted by atomic mass is 16.6. The summed E-state index contributed by atoms with van der Waals surface area (Å²) in [6.07, 6.45) is 1.20. The molecule has 1 aromatic heterocycles. The second-order valence-electron chi connectivity index (χ2n) is 4.27. The monoisotopic (exact) mass is 270 g/mol. The average molecular weight is 270 g/mol. The second-order valence-corrected chi connectivity index (χ2v) is 4.27. The van der Waals surface area contributed by atoms with Crippen LogP contribution in [0, 0.1) is 16.0 Å². The normalized spacial score (nSPS) is 12.3. The van der Waals surface area contributed by atoms with Gasteiger partial charge in [-0.3, -0.25) is 10.1 Å². The highest BCUT2D eigenvalue weighted by Crippen LogP contribution is 2.29. The molecule has 0 aliphatic carbocycles. The number of rotatable bonds is 7. The summed E-state index contributed by atoms with van der Waals surface area (Å²) in [4.78, 5) is 18.1. The molecule has 1 atom stereocenters. The van der Waals surface area contributed by atoms with Gasteiger partial charge in [-0.05, 0) is 5.92 Å². The number of anilines is 2. The van der Waals surface area contributed by atoms with Crippen LogP contribution in [0.25, 0.3) is 0 Å². The third-order valence-corrected chi connectivity index (χ3v) is 2.61. The molecule has 1 heterocycles. The van der Waals surface area contributed by atoms with E-state index in [0.717, 1.165) is 0 Å². The van der Waals surface area contributed by atoms with Gasteiger partial charge in [-0.15, -0.1) is 0 Å². The Bertz CT molecular complexity index is 439. The molecule has 0 spiro atoms. The lowest BCUT2D eigenvalue weighted by atomic mass is 10.1. The predicted molar refractivity (Wildman–Crippen MR) is 70.6 cm³/mol. The SMILES string of the molecule is COCC(Nc1ncnc(NN)c1[N+](=O)[O-])C(C)C. The number of methoxy groups -OCH3 is 1. The average Bonchev–Trinajstić information content (AvgIpc) is 2.37. The Kier molecular flexibility index (Phi) is 5.39. The maximum atomic E-state index is 11.1. The molecule has 0 aliphatic rings. The van der Waals surface area contributed by atoms with Gasteiger partial charge < -0.3 is 15.5 Å². The molecule has 0 aromatic carbocycles. The van der Waals surface area contributed by atoms with Crippen LogP contribution >= 0.6 is 0 Å². The summed E-state index contributed by atoms with van der Waals surface area (Å²) in [6, 6.07) is -0.107. The summed E-state index contributed by atoms with van der Waals surface area (Å²) >= 11 is 0. The molecule has 9 nitrogen and oxygen atoms in total. The number of nitrogens with zero attached hydrogens (tertiary/aromatic N) is 3. The van der Waals surface area contributed by atoms with Gasteiger partial charge in [-0.1, -0.05) is 13.8 Å². The van der Waals surface area contributed by atoms with Crippen LogP contribution in [-0.4, -0.2) is 34.6 Å². The number of nitrogens with one attached hydrogen (secondary N) is 2. The maximum Gasteiger partial charge on any atom is 0.354 e. The van der Waals surface area contributed by atoms with E-state index in [-0.39, 0.29) is 29.3 Å². The molecule has 0 fully saturated rings. The van der Waals surface area contributed by atoms with Gasteiger partial charge >= 0.3 is 5.69 Å². The summed E-state index contributed by atoms with van der Waals surface area (Å²) in [5.74, 6) is 5.50. The van der Waals surface area contributed by atoms with Crippen LogP contribution in [0.1, 0.15) is 13.8 Å². The summed E-state index contributed by atoms with van der Waals surface area (Å²) in [6.45, 7) is 4.36. The molecule has 19 heavy (non-hydrogen) atoms. The first kappa shape index (κ1) is 15.1. The van der Waals surface area contributed by atoms with Gasteiger partial charge in [0.05, 0.1) is 17.6 Å². The number of nitro groups is 1. The first-order valence-corrected chi connectivity index (χ1v) is 5.72. The lowest BCUT2D eigenvalue weighted by Gasteiger charge is -2.21. The molecular formula is C10H18N6O3. The standard InChI is InChI=1S/C10H18N6O3/c1-6(2)7(4-19-3)14-9-8(16(17)18)10(15-11)13-5-12-9/h5-7H,4,11H2,1-3H3,(H2,12,13,14,15). The minimum Gasteiger partial charge on any atom is -0.383 e. The molecule has 1 unspecified atom stereocenters. The van der Waals surface area contributed by atoms with Crippen LogP contribution in [0.5, 0.6) is 0 Å². The summed E-state index contributed by atoms with van der Waals surface area (Å²) in [7, 11) is 1.57. The number of nitrogens with two attached hydrogens (primary N) is 1. The Balaban J connectivity index is 3.08. The van der Waals surface area contributed by atoms with Crippen molar-refractivity contribution in [1.82, 2.24) is 9.97 Å². The van der Waals surface area contributed by atoms with E-state index >= 15 is 0 Å². The van der Waals surface area contributed by atoms with Gasteiger partial charge in [0.15, 0.2) is 0 Å². The van der Waals surface area contributed by atoms with Crippen molar-refractivity contribution < 1.29 is 9.66 Å². The zero-order chi connectivity index (χ0) is 14.4. The van der Waals surface area contributed by atoms with Crippen molar-refractivity contribution in [2.24, 2.45) is 11.8 Å². The van der Waals surface area contributed by atoms with Gasteiger partial charge in [0, 0.05) is 7.11 Å². The van der Waals surface area contributed by atoms with Crippen molar-refractivity contribution in [3.63, 3.8) is 0 Å². The topological polar surface area (TPSA) is 128 Å². The molecule has 0 saturated heterocycles. The Morgan fingerprint density at radius 2 is 2.11 bits per heavy atom. The number of hydrogen-bond acceptors (Lipinski definition) is 8. The zero-order valence-electron chi connectivity index (χ0n) is 11.1. The van der Waals surface area contributed by atoms with E-state index in [2.05, 4.69) is 20.7 Å². The lowest BCUT2D eigenvalue weighted by molar-refractivity contribution is -0.383. The van der Waals surface area contributed by atoms with E-state index in [4.69, 9.17) is 10.6 Å². The van der Waals surface area contributed by atoms with Gasteiger partial charge in [-0.25, -0.2) is 15.8 Å². The highest BCUT2D eigenvalue weighted by Gasteiger charge is 2.25. The van der Waals surface area contributed by atoms with Crippen molar-refractivity contribution in [3.8, 4) is 0 Å². The highest BCUT2D eigenvalue weighted by molar-refractivity contribution is 5.69. The molecular weight excluding hydrogens is 252 g/mol. The molecule has 0 saturated carbocycles. The van der Waals surface area contributed by atoms with Crippen molar-refractivity contribution in [2.75, 3.05) is 24.5 Å². The fourth-order valence-electron chi connectivity index (χ4n) is 1.52. The molecule has 4 N–H and O–H groups in total. The van der Waals surface area contributed by atoms with Gasteiger partial charge in [0.25, 0.3) is 0 Å².